The minimum absolute atomic E-state index is 0.0152. The van der Waals surface area contributed by atoms with Crippen molar-refractivity contribution in [3.05, 3.63) is 87.6 Å². The molecule has 0 amide bonds. The molecule has 2 aromatic carbocycles. The minimum atomic E-state index is -0.352. The summed E-state index contributed by atoms with van der Waals surface area (Å²) in [6.45, 7) is 2.52. The van der Waals surface area contributed by atoms with Crippen LogP contribution in [0.15, 0.2) is 59.7 Å². The summed E-state index contributed by atoms with van der Waals surface area (Å²) in [6, 6.07) is 18.0. The van der Waals surface area contributed by atoms with Gasteiger partial charge in [0.2, 0.25) is 5.78 Å². The number of aryl methyl sites for hydroxylation is 1. The Balaban J connectivity index is 1.27. The maximum Gasteiger partial charge on any atom is 0.259 e. The molecule has 4 aromatic rings. The van der Waals surface area contributed by atoms with Gasteiger partial charge in [-0.3, -0.25) is 9.36 Å². The lowest BCUT2D eigenvalue weighted by atomic mass is 9.92. The van der Waals surface area contributed by atoms with E-state index in [1.165, 1.54) is 0 Å². The Bertz CT molecular complexity index is 1600. The molecule has 41 heavy (non-hydrogen) atoms. The first kappa shape index (κ1) is 27.4. The lowest BCUT2D eigenvalue weighted by molar-refractivity contribution is -0.0347. The van der Waals surface area contributed by atoms with E-state index in [0.717, 1.165) is 79.3 Å². The Morgan fingerprint density at radius 3 is 2.54 bits per heavy atom. The molecule has 2 aliphatic carbocycles. The topological polar surface area (TPSA) is 105 Å². The first-order valence-electron chi connectivity index (χ1n) is 14.9. The third kappa shape index (κ3) is 5.70. The van der Waals surface area contributed by atoms with Crippen LogP contribution in [0.25, 0.3) is 16.9 Å². The maximum absolute atomic E-state index is 14.2. The van der Waals surface area contributed by atoms with Crippen LogP contribution in [-0.4, -0.2) is 43.1 Å². The number of aromatic nitrogens is 4. The summed E-state index contributed by atoms with van der Waals surface area (Å²) in [5, 5.41) is 24.3. The predicted molar refractivity (Wildman–Crippen MR) is 157 cm³/mol. The van der Waals surface area contributed by atoms with Crippen molar-refractivity contribution in [2.24, 2.45) is 5.92 Å². The number of rotatable bonds is 10. The van der Waals surface area contributed by atoms with Crippen molar-refractivity contribution in [1.82, 2.24) is 19.2 Å². The summed E-state index contributed by atoms with van der Waals surface area (Å²) < 4.78 is 9.79. The second kappa shape index (κ2) is 12.0. The summed E-state index contributed by atoms with van der Waals surface area (Å²) in [4.78, 5) is 18.7. The van der Waals surface area contributed by atoms with Gasteiger partial charge in [0.05, 0.1) is 36.1 Å². The standard InChI is InChI=1S/C33H37N5O3/c1-2-5-30-29(18-22-8-10-23(11-9-22)28-7-4-3-6-25(28)19-34)32(40)37(33-35-21-36-38(30)33)26-14-16-27(17-15-26)41-20-31(39)24-12-13-24/h3-4,6-11,21,24,26-27,31,39H,2,5,12-18,20H2,1H3/t26-,27-,31?. The van der Waals surface area contributed by atoms with Crippen LogP contribution in [0.3, 0.4) is 0 Å². The van der Waals surface area contributed by atoms with Gasteiger partial charge < -0.3 is 9.84 Å². The fraction of sp³-hybridized carbons (Fsp3) is 0.455. The van der Waals surface area contributed by atoms with E-state index in [0.29, 0.717) is 30.3 Å². The zero-order valence-corrected chi connectivity index (χ0v) is 23.6. The van der Waals surface area contributed by atoms with E-state index in [1.807, 2.05) is 57.6 Å². The van der Waals surface area contributed by atoms with Gasteiger partial charge in [-0.2, -0.15) is 15.3 Å². The predicted octanol–water partition coefficient (Wildman–Crippen LogP) is 5.24. The first-order chi connectivity index (χ1) is 20.1. The Morgan fingerprint density at radius 1 is 1.07 bits per heavy atom. The SMILES string of the molecule is CCCc1c(Cc2ccc(-c3ccccc3C#N)cc2)c(=O)n([C@H]2CC[C@H](OCC(O)C3CC3)CC2)c2ncnn12. The van der Waals surface area contributed by atoms with Crippen molar-refractivity contribution in [3.63, 3.8) is 0 Å². The van der Waals surface area contributed by atoms with E-state index in [1.54, 1.807) is 6.33 Å². The number of aliphatic hydroxyl groups excluding tert-OH is 1. The Kier molecular flexibility index (Phi) is 8.00. The molecule has 2 aliphatic rings. The monoisotopic (exact) mass is 551 g/mol. The average Bonchev–Trinajstić information content (AvgIpc) is 3.76. The lowest BCUT2D eigenvalue weighted by Gasteiger charge is -2.31. The summed E-state index contributed by atoms with van der Waals surface area (Å²) in [6.07, 6.45) is 9.01. The van der Waals surface area contributed by atoms with E-state index < -0.39 is 0 Å². The largest absolute Gasteiger partial charge is 0.390 e. The number of nitriles is 1. The van der Waals surface area contributed by atoms with Crippen LogP contribution in [0.5, 0.6) is 0 Å². The number of nitrogens with zero attached hydrogens (tertiary/aromatic N) is 5. The van der Waals surface area contributed by atoms with Gasteiger partial charge in [-0.05, 0) is 73.6 Å². The van der Waals surface area contributed by atoms with Crippen LogP contribution < -0.4 is 5.56 Å². The highest BCUT2D eigenvalue weighted by Crippen LogP contribution is 2.34. The number of aliphatic hydroxyl groups is 1. The summed E-state index contributed by atoms with van der Waals surface area (Å²) >= 11 is 0. The van der Waals surface area contributed by atoms with Crippen molar-refractivity contribution in [2.75, 3.05) is 6.61 Å². The molecule has 2 saturated carbocycles. The molecule has 8 nitrogen and oxygen atoms in total. The van der Waals surface area contributed by atoms with Crippen LogP contribution in [0.4, 0.5) is 0 Å². The van der Waals surface area contributed by atoms with Gasteiger partial charge in [0.25, 0.3) is 5.56 Å². The van der Waals surface area contributed by atoms with Crippen molar-refractivity contribution in [2.45, 2.75) is 83.0 Å². The second-order valence-corrected chi connectivity index (χ2v) is 11.5. The third-order valence-corrected chi connectivity index (χ3v) is 8.68. The smallest absolute Gasteiger partial charge is 0.259 e. The van der Waals surface area contributed by atoms with E-state index >= 15 is 0 Å². The molecule has 1 unspecified atom stereocenters. The third-order valence-electron chi connectivity index (χ3n) is 8.68. The number of hydrogen-bond acceptors (Lipinski definition) is 6. The summed E-state index contributed by atoms with van der Waals surface area (Å²) in [5.74, 6) is 1.02. The molecule has 8 heteroatoms. The molecular weight excluding hydrogens is 514 g/mol. The van der Waals surface area contributed by atoms with Gasteiger partial charge in [-0.25, -0.2) is 4.52 Å². The molecular formula is C33H37N5O3. The van der Waals surface area contributed by atoms with Gasteiger partial charge in [0, 0.05) is 18.0 Å². The van der Waals surface area contributed by atoms with E-state index in [4.69, 9.17) is 4.74 Å². The molecule has 0 saturated heterocycles. The van der Waals surface area contributed by atoms with Crippen molar-refractivity contribution >= 4 is 5.78 Å². The molecule has 2 fully saturated rings. The molecule has 0 radical (unpaired) electrons. The maximum atomic E-state index is 14.2. The van der Waals surface area contributed by atoms with Crippen molar-refractivity contribution in [1.29, 1.82) is 5.26 Å². The van der Waals surface area contributed by atoms with Crippen LogP contribution >= 0.6 is 0 Å². The van der Waals surface area contributed by atoms with Gasteiger partial charge in [-0.15, -0.1) is 0 Å². The number of ether oxygens (including phenoxy) is 1. The zero-order valence-electron chi connectivity index (χ0n) is 23.6. The van der Waals surface area contributed by atoms with Gasteiger partial charge >= 0.3 is 0 Å². The molecule has 1 N–H and O–H groups in total. The molecule has 6 rings (SSSR count). The zero-order chi connectivity index (χ0) is 28.3. The quantitative estimate of drug-likeness (QED) is 0.289. The highest BCUT2D eigenvalue weighted by molar-refractivity contribution is 5.70. The molecule has 1 atom stereocenters. The fourth-order valence-electron chi connectivity index (χ4n) is 6.24. The molecule has 0 spiro atoms. The number of fused-ring (bicyclic) bond motifs is 1. The van der Waals surface area contributed by atoms with Crippen LogP contribution in [-0.2, 0) is 17.6 Å². The fourth-order valence-corrected chi connectivity index (χ4v) is 6.24. The van der Waals surface area contributed by atoms with E-state index in [9.17, 15) is 15.2 Å². The van der Waals surface area contributed by atoms with Gasteiger partial charge in [-0.1, -0.05) is 55.8 Å². The molecule has 0 aliphatic heterocycles. The first-order valence-corrected chi connectivity index (χ1v) is 14.9. The summed E-state index contributed by atoms with van der Waals surface area (Å²) in [7, 11) is 0. The van der Waals surface area contributed by atoms with Crippen LogP contribution in [0.1, 0.15) is 80.3 Å². The Hall–Kier alpha value is -3.80. The van der Waals surface area contributed by atoms with Crippen molar-refractivity contribution in [3.8, 4) is 17.2 Å². The van der Waals surface area contributed by atoms with Crippen LogP contribution in [0, 0.1) is 17.2 Å². The molecule has 2 aromatic heterocycles. The normalized spacial score (nSPS) is 19.7. The Labute approximate surface area is 240 Å². The molecule has 0 bridgehead atoms. The van der Waals surface area contributed by atoms with Crippen molar-refractivity contribution < 1.29 is 9.84 Å². The lowest BCUT2D eigenvalue weighted by Crippen LogP contribution is -2.35. The second-order valence-electron chi connectivity index (χ2n) is 11.5. The molecule has 212 valence electrons. The van der Waals surface area contributed by atoms with E-state index in [-0.39, 0.29) is 23.8 Å². The minimum Gasteiger partial charge on any atom is -0.390 e. The van der Waals surface area contributed by atoms with Crippen LogP contribution in [0.2, 0.25) is 0 Å². The highest BCUT2D eigenvalue weighted by atomic mass is 16.5. The molecule has 2 heterocycles. The van der Waals surface area contributed by atoms with E-state index in [2.05, 4.69) is 23.1 Å². The number of hydrogen-bond donors (Lipinski definition) is 1. The average molecular weight is 552 g/mol. The van der Waals surface area contributed by atoms with Gasteiger partial charge in [0.1, 0.15) is 6.33 Å². The van der Waals surface area contributed by atoms with Gasteiger partial charge in [0.15, 0.2) is 0 Å². The summed E-state index contributed by atoms with van der Waals surface area (Å²) in [5.41, 5.74) is 5.27. The highest BCUT2D eigenvalue weighted by Gasteiger charge is 2.32. The number of benzene rings is 2. The Morgan fingerprint density at radius 2 is 1.83 bits per heavy atom.